The van der Waals surface area contributed by atoms with Crippen LogP contribution in [-0.2, 0) is 33.4 Å². The number of hydrogen-bond donors (Lipinski definition) is 3. The summed E-state index contributed by atoms with van der Waals surface area (Å²) in [4.78, 5) is 44.0. The zero-order valence-corrected chi connectivity index (χ0v) is 22.0. The fraction of sp³-hybridized carbons (Fsp3) is 0.600. The Hall–Kier alpha value is -3.02. The predicted octanol–water partition coefficient (Wildman–Crippen LogP) is 2.00. The van der Waals surface area contributed by atoms with Gasteiger partial charge in [-0.2, -0.15) is 0 Å². The highest BCUT2D eigenvalue weighted by Gasteiger charge is 2.39. The van der Waals surface area contributed by atoms with Gasteiger partial charge in [0.15, 0.2) is 0 Å². The van der Waals surface area contributed by atoms with Gasteiger partial charge < -0.3 is 24.4 Å². The molecule has 1 aliphatic rings. The molecular formula is C25H42N2O9. The van der Waals surface area contributed by atoms with E-state index in [0.717, 1.165) is 26.1 Å². The van der Waals surface area contributed by atoms with Gasteiger partial charge >= 0.3 is 11.9 Å². The molecule has 11 heteroatoms. The highest BCUT2D eigenvalue weighted by atomic mass is 16.6. The smallest absolute Gasteiger partial charge is 0.302 e. The van der Waals surface area contributed by atoms with Gasteiger partial charge in [-0.3, -0.25) is 24.6 Å². The molecule has 1 unspecified atom stereocenters. The lowest BCUT2D eigenvalue weighted by molar-refractivity contribution is -0.149. The van der Waals surface area contributed by atoms with E-state index in [1.54, 1.807) is 12.1 Å². The maximum absolute atomic E-state index is 12.1. The van der Waals surface area contributed by atoms with Crippen molar-refractivity contribution in [2.24, 2.45) is 5.92 Å². The van der Waals surface area contributed by atoms with Crippen LogP contribution in [0.25, 0.3) is 0 Å². The van der Waals surface area contributed by atoms with Crippen molar-refractivity contribution in [1.82, 2.24) is 5.43 Å². The average Bonchev–Trinajstić information content (AvgIpc) is 3.15. The van der Waals surface area contributed by atoms with Gasteiger partial charge in [-0.1, -0.05) is 38.0 Å². The van der Waals surface area contributed by atoms with Gasteiger partial charge in [-0.25, -0.2) is 5.01 Å². The Morgan fingerprint density at radius 3 is 1.78 bits per heavy atom. The second kappa shape index (κ2) is 23.7. The molecule has 1 atom stereocenters. The van der Waals surface area contributed by atoms with Crippen molar-refractivity contribution in [2.75, 3.05) is 44.7 Å². The second-order valence-corrected chi connectivity index (χ2v) is 7.09. The van der Waals surface area contributed by atoms with Gasteiger partial charge in [0, 0.05) is 27.1 Å². The summed E-state index contributed by atoms with van der Waals surface area (Å²) in [7, 11) is 0. The van der Waals surface area contributed by atoms with Crippen molar-refractivity contribution < 1.29 is 43.6 Å². The van der Waals surface area contributed by atoms with Crippen LogP contribution >= 0.6 is 0 Å². The number of para-hydroxylation sites is 1. The Morgan fingerprint density at radius 1 is 0.917 bits per heavy atom. The minimum absolute atomic E-state index is 0.125. The summed E-state index contributed by atoms with van der Waals surface area (Å²) in [5, 5.41) is 16.6. The number of carbonyl (C=O) groups is 4. The molecule has 0 bridgehead atoms. The molecule has 1 fully saturated rings. The SMILES string of the molecule is CC(=O)OCCOC(C)=O.CCCCC1C(=O)NN(c2ccccc2)C1=O.CCOCC.OCCO. The van der Waals surface area contributed by atoms with E-state index in [1.165, 1.54) is 18.9 Å². The van der Waals surface area contributed by atoms with Gasteiger partial charge in [0.05, 0.1) is 18.9 Å². The highest BCUT2D eigenvalue weighted by Crippen LogP contribution is 2.22. The van der Waals surface area contributed by atoms with Crippen molar-refractivity contribution >= 4 is 29.4 Å². The van der Waals surface area contributed by atoms with Crippen LogP contribution in [0.2, 0.25) is 0 Å². The third kappa shape index (κ3) is 18.3. The number of aliphatic hydroxyl groups is 2. The van der Waals surface area contributed by atoms with Crippen LogP contribution in [0, 0.1) is 5.92 Å². The maximum atomic E-state index is 12.1. The van der Waals surface area contributed by atoms with E-state index < -0.39 is 5.92 Å². The van der Waals surface area contributed by atoms with E-state index in [2.05, 4.69) is 14.9 Å². The fourth-order valence-corrected chi connectivity index (χ4v) is 2.52. The molecule has 0 saturated carbocycles. The van der Waals surface area contributed by atoms with E-state index in [4.69, 9.17) is 14.9 Å². The molecule has 3 N–H and O–H groups in total. The van der Waals surface area contributed by atoms with E-state index in [1.807, 2.05) is 39.0 Å². The summed E-state index contributed by atoms with van der Waals surface area (Å²) >= 11 is 0. The zero-order valence-electron chi connectivity index (χ0n) is 22.0. The van der Waals surface area contributed by atoms with E-state index in [9.17, 15) is 19.2 Å². The quantitative estimate of drug-likeness (QED) is 0.242. The first-order valence-corrected chi connectivity index (χ1v) is 12.0. The molecule has 1 aromatic carbocycles. The normalized spacial score (nSPS) is 13.6. The Bertz CT molecular complexity index is 709. The topological polar surface area (TPSA) is 152 Å². The summed E-state index contributed by atoms with van der Waals surface area (Å²) in [6.45, 7) is 10.3. The first kappa shape index (κ1) is 35.1. The molecule has 0 aromatic heterocycles. The van der Waals surface area contributed by atoms with Crippen LogP contribution in [0.1, 0.15) is 53.9 Å². The monoisotopic (exact) mass is 514 g/mol. The van der Waals surface area contributed by atoms with Crippen LogP contribution in [0.3, 0.4) is 0 Å². The molecule has 1 heterocycles. The zero-order chi connectivity index (χ0) is 27.8. The fourth-order valence-electron chi connectivity index (χ4n) is 2.52. The molecule has 1 saturated heterocycles. The number of hydrazine groups is 1. The van der Waals surface area contributed by atoms with Crippen molar-refractivity contribution in [3.05, 3.63) is 30.3 Å². The number of amides is 2. The molecular weight excluding hydrogens is 472 g/mol. The predicted molar refractivity (Wildman–Crippen MR) is 135 cm³/mol. The van der Waals surface area contributed by atoms with Crippen LogP contribution in [0.5, 0.6) is 0 Å². The molecule has 1 aromatic rings. The summed E-state index contributed by atoms with van der Waals surface area (Å²) in [6.07, 6.45) is 2.51. The summed E-state index contributed by atoms with van der Waals surface area (Å²) in [5.74, 6) is -1.59. The second-order valence-electron chi connectivity index (χ2n) is 7.09. The minimum atomic E-state index is -0.518. The Labute approximate surface area is 213 Å². The van der Waals surface area contributed by atoms with Crippen LogP contribution in [-0.4, -0.2) is 73.6 Å². The molecule has 11 nitrogen and oxygen atoms in total. The van der Waals surface area contributed by atoms with Crippen molar-refractivity contribution in [2.45, 2.75) is 53.9 Å². The first-order valence-electron chi connectivity index (χ1n) is 12.0. The number of unbranched alkanes of at least 4 members (excludes halogenated alkanes) is 1. The highest BCUT2D eigenvalue weighted by molar-refractivity contribution is 6.14. The first-order chi connectivity index (χ1) is 17.2. The summed E-state index contributed by atoms with van der Waals surface area (Å²) in [6, 6.07) is 9.17. The Balaban J connectivity index is 0. The number of anilines is 1. The molecule has 206 valence electrons. The molecule has 1 aliphatic heterocycles. The Kier molecular flexibility index (Phi) is 23.1. The van der Waals surface area contributed by atoms with Gasteiger partial charge in [-0.05, 0) is 32.4 Å². The molecule has 2 rings (SSSR count). The van der Waals surface area contributed by atoms with Crippen LogP contribution in [0.4, 0.5) is 5.69 Å². The van der Waals surface area contributed by atoms with Crippen molar-refractivity contribution in [3.8, 4) is 0 Å². The van der Waals surface area contributed by atoms with E-state index >= 15 is 0 Å². The van der Waals surface area contributed by atoms with E-state index in [0.29, 0.717) is 12.1 Å². The average molecular weight is 515 g/mol. The molecule has 0 aliphatic carbocycles. The van der Waals surface area contributed by atoms with Gasteiger partial charge in [0.25, 0.3) is 11.8 Å². The standard InChI is InChI=1S/C13H16N2O2.C6H10O4.C4H10O.C2H6O2/c1-2-3-9-11-12(16)14-15(13(11)17)10-7-5-4-6-8-10;1-5(7)9-3-4-10-6(2)8;1-3-5-4-2;3-1-2-4/h4-8,11H,2-3,9H2,1H3,(H,14,16);3-4H2,1-2H3;3-4H2,1-2H3;3-4H,1-2H2. The molecule has 0 spiro atoms. The molecule has 36 heavy (non-hydrogen) atoms. The summed E-state index contributed by atoms with van der Waals surface area (Å²) in [5.41, 5.74) is 3.34. The lowest BCUT2D eigenvalue weighted by atomic mass is 10.0. The van der Waals surface area contributed by atoms with Crippen molar-refractivity contribution in [1.29, 1.82) is 0 Å². The molecule has 0 radical (unpaired) electrons. The van der Waals surface area contributed by atoms with Gasteiger partial charge in [0.2, 0.25) is 0 Å². The third-order valence-corrected chi connectivity index (χ3v) is 4.12. The number of ether oxygens (including phenoxy) is 3. The molecule has 2 amide bonds. The number of nitrogens with zero attached hydrogens (tertiary/aromatic N) is 1. The minimum Gasteiger partial charge on any atom is -0.462 e. The maximum Gasteiger partial charge on any atom is 0.302 e. The number of aliphatic hydroxyl groups excluding tert-OH is 2. The van der Waals surface area contributed by atoms with Crippen molar-refractivity contribution in [3.63, 3.8) is 0 Å². The lowest BCUT2D eigenvalue weighted by Gasteiger charge is -2.14. The number of rotatable bonds is 10. The number of benzene rings is 1. The number of hydrogen-bond acceptors (Lipinski definition) is 9. The van der Waals surface area contributed by atoms with Gasteiger partial charge in [-0.15, -0.1) is 0 Å². The van der Waals surface area contributed by atoms with Gasteiger partial charge in [0.1, 0.15) is 19.1 Å². The number of esters is 2. The van der Waals surface area contributed by atoms with E-state index in [-0.39, 0.29) is 50.2 Å². The number of nitrogens with one attached hydrogen (secondary N) is 1. The largest absolute Gasteiger partial charge is 0.462 e. The van der Waals surface area contributed by atoms with Crippen LogP contribution < -0.4 is 10.4 Å². The Morgan fingerprint density at radius 2 is 1.42 bits per heavy atom. The summed E-state index contributed by atoms with van der Waals surface area (Å²) < 4.78 is 13.8. The third-order valence-electron chi connectivity index (χ3n) is 4.12. The van der Waals surface area contributed by atoms with Crippen LogP contribution in [0.15, 0.2) is 30.3 Å². The number of carbonyl (C=O) groups excluding carboxylic acids is 4. The lowest BCUT2D eigenvalue weighted by Crippen LogP contribution is -2.35.